The Balaban J connectivity index is 1.51. The second-order valence-electron chi connectivity index (χ2n) is 10.7. The first kappa shape index (κ1) is 27.5. The number of hydrogen-bond donors (Lipinski definition) is 2. The summed E-state index contributed by atoms with van der Waals surface area (Å²) in [6.45, 7) is 4.07. The SMILES string of the molecule is CN1N=C2CCN(C(=O)[C@@H](COCc3ccccc3)NC(=O)C(C)(C)N)C[C@@]2(CCc2ccccc2)C1=O. The second kappa shape index (κ2) is 11.4. The smallest absolute Gasteiger partial charge is 0.256 e. The van der Waals surface area contributed by atoms with Crippen LogP contribution < -0.4 is 11.1 Å². The van der Waals surface area contributed by atoms with Gasteiger partial charge in [-0.05, 0) is 37.8 Å². The Morgan fingerprint density at radius 1 is 1.11 bits per heavy atom. The molecule has 2 aromatic rings. The monoisotopic (exact) mass is 519 g/mol. The van der Waals surface area contributed by atoms with Gasteiger partial charge in [-0.25, -0.2) is 5.01 Å². The highest BCUT2D eigenvalue weighted by Gasteiger charge is 2.53. The molecule has 38 heavy (non-hydrogen) atoms. The molecule has 2 aliphatic heterocycles. The van der Waals surface area contributed by atoms with Crippen molar-refractivity contribution in [3.8, 4) is 0 Å². The summed E-state index contributed by atoms with van der Waals surface area (Å²) in [7, 11) is 1.66. The quantitative estimate of drug-likeness (QED) is 0.499. The number of nitrogens with zero attached hydrogens (tertiary/aromatic N) is 3. The van der Waals surface area contributed by atoms with Gasteiger partial charge in [-0.1, -0.05) is 60.7 Å². The summed E-state index contributed by atoms with van der Waals surface area (Å²) in [6, 6.07) is 18.7. The molecule has 0 aliphatic carbocycles. The minimum absolute atomic E-state index is 0.0160. The number of aryl methyl sites for hydroxylation is 1. The highest BCUT2D eigenvalue weighted by atomic mass is 16.5. The van der Waals surface area contributed by atoms with Crippen molar-refractivity contribution in [1.82, 2.24) is 15.2 Å². The molecule has 2 heterocycles. The number of nitrogens with two attached hydrogens (primary N) is 1. The molecular weight excluding hydrogens is 482 g/mol. The molecule has 0 bridgehead atoms. The molecule has 4 rings (SSSR count). The van der Waals surface area contributed by atoms with Gasteiger partial charge in [0.25, 0.3) is 5.91 Å². The Morgan fingerprint density at radius 3 is 2.37 bits per heavy atom. The van der Waals surface area contributed by atoms with Gasteiger partial charge in [-0.15, -0.1) is 0 Å². The first-order chi connectivity index (χ1) is 18.1. The molecule has 9 heteroatoms. The minimum Gasteiger partial charge on any atom is -0.374 e. The van der Waals surface area contributed by atoms with Crippen LogP contribution in [-0.4, -0.2) is 71.7 Å². The molecule has 0 unspecified atom stereocenters. The predicted molar refractivity (Wildman–Crippen MR) is 145 cm³/mol. The number of benzene rings is 2. The molecule has 3 N–H and O–H groups in total. The Kier molecular flexibility index (Phi) is 8.28. The van der Waals surface area contributed by atoms with Crippen molar-refractivity contribution in [3.05, 3.63) is 71.8 Å². The van der Waals surface area contributed by atoms with E-state index in [1.165, 1.54) is 5.01 Å². The van der Waals surface area contributed by atoms with E-state index in [-0.39, 0.29) is 25.0 Å². The Morgan fingerprint density at radius 2 is 1.74 bits per heavy atom. The van der Waals surface area contributed by atoms with E-state index in [2.05, 4.69) is 10.4 Å². The molecule has 1 fully saturated rings. The molecule has 202 valence electrons. The summed E-state index contributed by atoms with van der Waals surface area (Å²) in [5.41, 5.74) is 6.85. The fraction of sp³-hybridized carbons (Fsp3) is 0.448. The lowest BCUT2D eigenvalue weighted by Gasteiger charge is -2.40. The van der Waals surface area contributed by atoms with Crippen LogP contribution in [0.25, 0.3) is 0 Å². The lowest BCUT2D eigenvalue weighted by atomic mass is 9.73. The zero-order valence-corrected chi connectivity index (χ0v) is 22.4. The van der Waals surface area contributed by atoms with Crippen molar-refractivity contribution in [2.24, 2.45) is 16.3 Å². The summed E-state index contributed by atoms with van der Waals surface area (Å²) in [4.78, 5) is 41.7. The van der Waals surface area contributed by atoms with Gasteiger partial charge in [0.05, 0.1) is 24.5 Å². The van der Waals surface area contributed by atoms with Crippen molar-refractivity contribution in [1.29, 1.82) is 0 Å². The molecule has 1 saturated heterocycles. The average Bonchev–Trinajstić information content (AvgIpc) is 3.16. The maximum atomic E-state index is 13.8. The fourth-order valence-corrected chi connectivity index (χ4v) is 4.98. The molecule has 0 radical (unpaired) electrons. The van der Waals surface area contributed by atoms with Gasteiger partial charge >= 0.3 is 0 Å². The zero-order chi connectivity index (χ0) is 27.3. The third-order valence-electron chi connectivity index (χ3n) is 7.19. The number of carbonyl (C=O) groups excluding carboxylic acids is 3. The molecule has 0 saturated carbocycles. The Bertz CT molecular complexity index is 1180. The van der Waals surface area contributed by atoms with Crippen LogP contribution >= 0.6 is 0 Å². The van der Waals surface area contributed by atoms with Gasteiger partial charge in [-0.3, -0.25) is 14.4 Å². The Hall–Kier alpha value is -3.56. The van der Waals surface area contributed by atoms with Gasteiger partial charge in [0, 0.05) is 26.6 Å². The standard InChI is InChI=1S/C29H37N5O4/c1-28(2,30)26(36)31-23(19-38-18-22-12-8-5-9-13-22)25(35)34-17-15-24-29(20-34,27(37)33(3)32-24)16-14-21-10-6-4-7-11-21/h4-13,23H,14-20,30H2,1-3H3,(H,31,36)/t23-,29-/m1/s1. The van der Waals surface area contributed by atoms with E-state index in [1.807, 2.05) is 60.7 Å². The van der Waals surface area contributed by atoms with Crippen LogP contribution in [0.3, 0.4) is 0 Å². The third-order valence-corrected chi connectivity index (χ3v) is 7.19. The molecule has 0 spiro atoms. The number of hydrogen-bond acceptors (Lipinski definition) is 6. The van der Waals surface area contributed by atoms with E-state index in [4.69, 9.17) is 10.5 Å². The van der Waals surface area contributed by atoms with Crippen LogP contribution in [-0.2, 0) is 32.1 Å². The zero-order valence-electron chi connectivity index (χ0n) is 22.4. The summed E-state index contributed by atoms with van der Waals surface area (Å²) in [5, 5.41) is 8.71. The number of ether oxygens (including phenoxy) is 1. The maximum absolute atomic E-state index is 13.8. The van der Waals surface area contributed by atoms with Gasteiger partial charge in [0.2, 0.25) is 11.8 Å². The summed E-state index contributed by atoms with van der Waals surface area (Å²) >= 11 is 0. The van der Waals surface area contributed by atoms with Crippen LogP contribution in [0.2, 0.25) is 0 Å². The number of piperidine rings is 1. The molecule has 2 aromatic carbocycles. The third kappa shape index (κ3) is 6.11. The molecule has 9 nitrogen and oxygen atoms in total. The molecule has 3 amide bonds. The normalized spacial score (nSPS) is 20.1. The lowest BCUT2D eigenvalue weighted by Crippen LogP contribution is -2.61. The van der Waals surface area contributed by atoms with Crippen LogP contribution in [0.4, 0.5) is 0 Å². The van der Waals surface area contributed by atoms with Crippen molar-refractivity contribution >= 4 is 23.4 Å². The number of hydrazone groups is 1. The molecule has 0 aromatic heterocycles. The van der Waals surface area contributed by atoms with E-state index in [1.54, 1.807) is 25.8 Å². The lowest BCUT2D eigenvalue weighted by molar-refractivity contribution is -0.144. The predicted octanol–water partition coefficient (Wildman–Crippen LogP) is 2.10. The average molecular weight is 520 g/mol. The van der Waals surface area contributed by atoms with E-state index in [0.717, 1.165) is 16.8 Å². The van der Waals surface area contributed by atoms with E-state index < -0.39 is 22.9 Å². The van der Waals surface area contributed by atoms with E-state index >= 15 is 0 Å². The number of nitrogens with one attached hydrogen (secondary N) is 1. The van der Waals surface area contributed by atoms with E-state index in [0.29, 0.717) is 32.4 Å². The molecule has 2 aliphatic rings. The fourth-order valence-electron chi connectivity index (χ4n) is 4.98. The van der Waals surface area contributed by atoms with Crippen LogP contribution in [0, 0.1) is 5.41 Å². The van der Waals surface area contributed by atoms with Crippen LogP contribution in [0.5, 0.6) is 0 Å². The molecular formula is C29H37N5O4. The number of likely N-dealkylation sites (tertiary alicyclic amines) is 1. The van der Waals surface area contributed by atoms with Crippen molar-refractivity contribution in [2.75, 3.05) is 26.7 Å². The number of fused-ring (bicyclic) bond motifs is 1. The van der Waals surface area contributed by atoms with Gasteiger partial charge in [0.15, 0.2) is 0 Å². The first-order valence-electron chi connectivity index (χ1n) is 13.0. The largest absolute Gasteiger partial charge is 0.374 e. The number of rotatable bonds is 10. The van der Waals surface area contributed by atoms with E-state index in [9.17, 15) is 14.4 Å². The van der Waals surface area contributed by atoms with Crippen molar-refractivity contribution < 1.29 is 19.1 Å². The summed E-state index contributed by atoms with van der Waals surface area (Å²) in [5.74, 6) is -0.852. The summed E-state index contributed by atoms with van der Waals surface area (Å²) < 4.78 is 5.86. The number of amides is 3. The first-order valence-corrected chi connectivity index (χ1v) is 13.0. The second-order valence-corrected chi connectivity index (χ2v) is 10.7. The van der Waals surface area contributed by atoms with Crippen molar-refractivity contribution in [2.45, 2.75) is 51.3 Å². The topological polar surface area (TPSA) is 117 Å². The Labute approximate surface area is 224 Å². The van der Waals surface area contributed by atoms with Crippen LogP contribution in [0.15, 0.2) is 65.8 Å². The summed E-state index contributed by atoms with van der Waals surface area (Å²) in [6.07, 6.45) is 1.72. The highest BCUT2D eigenvalue weighted by Crippen LogP contribution is 2.39. The number of carbonyl (C=O) groups is 3. The van der Waals surface area contributed by atoms with Crippen LogP contribution in [0.1, 0.15) is 37.8 Å². The van der Waals surface area contributed by atoms with Gasteiger partial charge < -0.3 is 20.7 Å². The maximum Gasteiger partial charge on any atom is 0.256 e. The molecule has 2 atom stereocenters. The van der Waals surface area contributed by atoms with Gasteiger partial charge in [-0.2, -0.15) is 5.10 Å². The van der Waals surface area contributed by atoms with Crippen molar-refractivity contribution in [3.63, 3.8) is 0 Å². The minimum atomic E-state index is -1.17. The highest BCUT2D eigenvalue weighted by molar-refractivity contribution is 6.13. The van der Waals surface area contributed by atoms with Gasteiger partial charge in [0.1, 0.15) is 11.5 Å².